The first-order valence-electron chi connectivity index (χ1n) is 5.24. The average Bonchev–Trinajstić information content (AvgIpc) is 2.17. The van der Waals surface area contributed by atoms with Crippen molar-refractivity contribution in [1.29, 1.82) is 0 Å². The molecule has 0 fully saturated rings. The van der Waals surface area contributed by atoms with E-state index in [1.807, 2.05) is 6.92 Å². The van der Waals surface area contributed by atoms with Crippen LogP contribution in [-0.2, 0) is 9.59 Å². The molecule has 0 radical (unpaired) electrons. The van der Waals surface area contributed by atoms with Gasteiger partial charge >= 0.3 is 0 Å². The fourth-order valence-corrected chi connectivity index (χ4v) is 0.493. The first-order valence-corrected chi connectivity index (χ1v) is 5.24. The lowest BCUT2D eigenvalue weighted by atomic mass is 10.3. The topological polar surface area (TPSA) is 74.6 Å². The van der Waals surface area contributed by atoms with Crippen molar-refractivity contribution in [1.82, 2.24) is 0 Å². The third-order valence-electron chi connectivity index (χ3n) is 1.33. The molecule has 0 spiro atoms. The van der Waals surface area contributed by atoms with Gasteiger partial charge in [-0.1, -0.05) is 13.0 Å². The number of ketones is 2. The molecule has 1 rings (SSSR count). The Balaban J connectivity index is 0. The molecule has 0 aliphatic heterocycles. The zero-order chi connectivity index (χ0) is 13.8. The minimum atomic E-state index is 0.0880. The number of carbonyl (C=O) groups is 2. The van der Waals surface area contributed by atoms with E-state index in [1.165, 1.54) is 32.0 Å². The van der Waals surface area contributed by atoms with Gasteiger partial charge < -0.3 is 19.8 Å². The van der Waals surface area contributed by atoms with Gasteiger partial charge in [-0.3, -0.25) is 0 Å². The highest BCUT2D eigenvalue weighted by molar-refractivity contribution is 5.74. The fraction of sp³-hybridized carbons (Fsp3) is 0.385. The van der Waals surface area contributed by atoms with Gasteiger partial charge in [0.1, 0.15) is 23.1 Å². The highest BCUT2D eigenvalue weighted by atomic mass is 16.3. The van der Waals surface area contributed by atoms with E-state index < -0.39 is 0 Å². The van der Waals surface area contributed by atoms with Gasteiger partial charge in [-0.05, 0) is 32.9 Å². The molecule has 0 saturated heterocycles. The van der Waals surface area contributed by atoms with Crippen molar-refractivity contribution in [3.63, 3.8) is 0 Å². The molecule has 0 amide bonds. The summed E-state index contributed by atoms with van der Waals surface area (Å²) in [5.41, 5.74) is 0. The number of benzene rings is 1. The molecule has 1 aromatic rings. The van der Waals surface area contributed by atoms with Crippen LogP contribution in [0, 0.1) is 0 Å². The molecule has 0 aliphatic rings. The van der Waals surface area contributed by atoms with E-state index in [2.05, 4.69) is 0 Å². The Morgan fingerprint density at radius 1 is 1.06 bits per heavy atom. The van der Waals surface area contributed by atoms with E-state index in [4.69, 9.17) is 10.2 Å². The van der Waals surface area contributed by atoms with Crippen LogP contribution in [0.4, 0.5) is 0 Å². The van der Waals surface area contributed by atoms with Crippen LogP contribution in [0.1, 0.15) is 34.1 Å². The molecular weight excluding hydrogens is 220 g/mol. The Morgan fingerprint density at radius 2 is 1.35 bits per heavy atom. The van der Waals surface area contributed by atoms with Crippen molar-refractivity contribution < 1.29 is 19.8 Å². The summed E-state index contributed by atoms with van der Waals surface area (Å²) in [7, 11) is 0. The van der Waals surface area contributed by atoms with Crippen molar-refractivity contribution >= 4 is 11.6 Å². The van der Waals surface area contributed by atoms with Gasteiger partial charge in [0.15, 0.2) is 0 Å². The molecule has 17 heavy (non-hydrogen) atoms. The van der Waals surface area contributed by atoms with Crippen LogP contribution >= 0.6 is 0 Å². The quantitative estimate of drug-likeness (QED) is 0.791. The number of hydrogen-bond acceptors (Lipinski definition) is 4. The zero-order valence-corrected chi connectivity index (χ0v) is 10.7. The summed E-state index contributed by atoms with van der Waals surface area (Å²) in [4.78, 5) is 19.3. The van der Waals surface area contributed by atoms with Crippen molar-refractivity contribution in [3.05, 3.63) is 24.3 Å². The predicted molar refractivity (Wildman–Crippen MR) is 67.1 cm³/mol. The Hall–Kier alpha value is -1.84. The van der Waals surface area contributed by atoms with E-state index in [9.17, 15) is 9.59 Å². The van der Waals surface area contributed by atoms with E-state index in [1.54, 1.807) is 13.0 Å². The third-order valence-corrected chi connectivity index (χ3v) is 1.33. The Kier molecular flexibility index (Phi) is 11.0. The van der Waals surface area contributed by atoms with Crippen molar-refractivity contribution in [2.24, 2.45) is 0 Å². The smallest absolute Gasteiger partial charge is 0.129 e. The maximum absolute atomic E-state index is 9.81. The number of carbonyl (C=O) groups excluding carboxylic acids is 2. The van der Waals surface area contributed by atoms with Gasteiger partial charge in [-0.25, -0.2) is 0 Å². The maximum atomic E-state index is 9.81. The normalized spacial score (nSPS) is 8.00. The van der Waals surface area contributed by atoms with E-state index in [0.29, 0.717) is 6.42 Å². The minimum absolute atomic E-state index is 0.0880. The van der Waals surface area contributed by atoms with Gasteiger partial charge in [0.2, 0.25) is 0 Å². The lowest BCUT2D eigenvalue weighted by Gasteiger charge is -1.89. The summed E-state index contributed by atoms with van der Waals surface area (Å²) in [6, 6.07) is 5.85. The summed E-state index contributed by atoms with van der Waals surface area (Å²) in [6.45, 7) is 6.49. The van der Waals surface area contributed by atoms with Crippen molar-refractivity contribution in [2.45, 2.75) is 34.1 Å². The predicted octanol–water partition coefficient (Wildman–Crippen LogP) is 2.68. The maximum Gasteiger partial charge on any atom is 0.129 e. The second-order valence-corrected chi connectivity index (χ2v) is 3.48. The number of Topliss-reactive ketones (excluding diaryl/α,β-unsaturated/α-hetero) is 2. The lowest BCUT2D eigenvalue weighted by Crippen LogP contribution is -1.80. The molecule has 96 valence electrons. The van der Waals surface area contributed by atoms with Gasteiger partial charge in [-0.2, -0.15) is 0 Å². The second kappa shape index (κ2) is 10.7. The van der Waals surface area contributed by atoms with Crippen LogP contribution in [0.5, 0.6) is 11.5 Å². The fourth-order valence-electron chi connectivity index (χ4n) is 0.493. The molecule has 4 heteroatoms. The summed E-state index contributed by atoms with van der Waals surface area (Å²) < 4.78 is 0. The highest BCUT2D eigenvalue weighted by Crippen LogP contribution is 2.14. The number of phenolic OH excluding ortho intramolecular Hbond substituents is 2. The molecule has 0 saturated carbocycles. The van der Waals surface area contributed by atoms with Gasteiger partial charge in [0.05, 0.1) is 0 Å². The Labute approximate surface area is 102 Å². The van der Waals surface area contributed by atoms with E-state index >= 15 is 0 Å². The van der Waals surface area contributed by atoms with Crippen molar-refractivity contribution in [2.75, 3.05) is 0 Å². The second-order valence-electron chi connectivity index (χ2n) is 3.48. The van der Waals surface area contributed by atoms with Crippen LogP contribution < -0.4 is 0 Å². The molecule has 0 atom stereocenters. The van der Waals surface area contributed by atoms with Crippen LogP contribution in [0.15, 0.2) is 24.3 Å². The summed E-state index contributed by atoms with van der Waals surface area (Å²) in [5, 5.41) is 17.3. The van der Waals surface area contributed by atoms with Gasteiger partial charge in [0, 0.05) is 12.5 Å². The molecule has 2 N–H and O–H groups in total. The van der Waals surface area contributed by atoms with Crippen LogP contribution in [-0.4, -0.2) is 21.8 Å². The van der Waals surface area contributed by atoms with Crippen LogP contribution in [0.3, 0.4) is 0 Å². The standard InChI is InChI=1S/C6H6O2.C4H8O.C3H6O/c7-5-2-1-3-6(8)4-5;1-3-4(2)5;1-3(2)4/h1-4,7-8H;3H2,1-2H3;1-2H3. The SMILES string of the molecule is CC(C)=O.CCC(C)=O.Oc1cccc(O)c1. The molecule has 0 bridgehead atoms. The van der Waals surface area contributed by atoms with Crippen LogP contribution in [0.25, 0.3) is 0 Å². The largest absolute Gasteiger partial charge is 0.508 e. The first kappa shape index (κ1) is 17.6. The molecule has 0 heterocycles. The molecule has 0 aromatic heterocycles. The van der Waals surface area contributed by atoms with E-state index in [0.717, 1.165) is 0 Å². The number of rotatable bonds is 1. The first-order chi connectivity index (χ1) is 7.79. The number of phenols is 2. The molecule has 0 unspecified atom stereocenters. The monoisotopic (exact) mass is 240 g/mol. The number of hydrogen-bond donors (Lipinski definition) is 2. The van der Waals surface area contributed by atoms with Crippen LogP contribution in [0.2, 0.25) is 0 Å². The Bertz CT molecular complexity index is 324. The van der Waals surface area contributed by atoms with Gasteiger partial charge in [-0.15, -0.1) is 0 Å². The Morgan fingerprint density at radius 3 is 1.47 bits per heavy atom. The molecule has 1 aromatic carbocycles. The summed E-state index contributed by atoms with van der Waals surface area (Å²) >= 11 is 0. The molecule has 0 aliphatic carbocycles. The van der Waals surface area contributed by atoms with Crippen molar-refractivity contribution in [3.8, 4) is 11.5 Å². The summed E-state index contributed by atoms with van der Waals surface area (Å²) in [5.74, 6) is 0.597. The zero-order valence-electron chi connectivity index (χ0n) is 10.7. The third kappa shape index (κ3) is 20.3. The molecular formula is C13H20O4. The van der Waals surface area contributed by atoms with E-state index in [-0.39, 0.29) is 23.1 Å². The lowest BCUT2D eigenvalue weighted by molar-refractivity contribution is -0.117. The van der Waals surface area contributed by atoms with Gasteiger partial charge in [0.25, 0.3) is 0 Å². The highest BCUT2D eigenvalue weighted by Gasteiger charge is 1.85. The minimum Gasteiger partial charge on any atom is -0.508 e. The summed E-state index contributed by atoms with van der Waals surface area (Å²) in [6.07, 6.45) is 0.667. The average molecular weight is 240 g/mol. The number of aromatic hydroxyl groups is 2. The molecule has 4 nitrogen and oxygen atoms in total.